The summed E-state index contributed by atoms with van der Waals surface area (Å²) in [6.07, 6.45) is 4.31. The summed E-state index contributed by atoms with van der Waals surface area (Å²) < 4.78 is 35.9. The van der Waals surface area contributed by atoms with Crippen LogP contribution in [0.1, 0.15) is 43.5 Å². The van der Waals surface area contributed by atoms with Crippen LogP contribution in [0.15, 0.2) is 59.3 Å². The second-order valence-electron chi connectivity index (χ2n) is 7.72. The molecule has 1 aliphatic heterocycles. The molecular formula is C24H32N3O8P. The van der Waals surface area contributed by atoms with E-state index in [1.807, 2.05) is 0 Å². The Morgan fingerprint density at radius 2 is 1.97 bits per heavy atom. The molecule has 1 N–H and O–H groups in total. The van der Waals surface area contributed by atoms with E-state index < -0.39 is 25.7 Å². The zero-order valence-electron chi connectivity index (χ0n) is 20.4. The Hall–Kier alpha value is -2.82. The van der Waals surface area contributed by atoms with Crippen LogP contribution < -0.4 is 15.8 Å². The fourth-order valence-corrected chi connectivity index (χ4v) is 4.70. The average Bonchev–Trinajstić information content (AvgIpc) is 2.88. The maximum Gasteiger partial charge on any atom is 0.382 e. The molecule has 196 valence electrons. The minimum atomic E-state index is -3.46. The van der Waals surface area contributed by atoms with Gasteiger partial charge in [0.1, 0.15) is 18.5 Å². The van der Waals surface area contributed by atoms with E-state index >= 15 is 0 Å². The summed E-state index contributed by atoms with van der Waals surface area (Å²) in [5.74, 6) is 1.03. The SMILES string of the molecule is CCOP(=O)(C=C[C@@H](COn1ccc(NC(=O)c2ccccc2)nc1=O)O[C@@H]1CCCCO1)OCC. The summed E-state index contributed by atoms with van der Waals surface area (Å²) >= 11 is 0. The van der Waals surface area contributed by atoms with Gasteiger partial charge in [0, 0.05) is 24.1 Å². The summed E-state index contributed by atoms with van der Waals surface area (Å²) in [6, 6.07) is 10.0. The molecule has 11 nitrogen and oxygen atoms in total. The predicted molar refractivity (Wildman–Crippen MR) is 133 cm³/mol. The lowest BCUT2D eigenvalue weighted by atomic mass is 10.2. The molecule has 1 saturated heterocycles. The number of hydrogen-bond donors (Lipinski definition) is 1. The van der Waals surface area contributed by atoms with Crippen LogP contribution in [-0.4, -0.2) is 54.4 Å². The molecule has 1 amide bonds. The van der Waals surface area contributed by atoms with Crippen LogP contribution in [0.3, 0.4) is 0 Å². The highest BCUT2D eigenvalue weighted by Crippen LogP contribution is 2.49. The first kappa shape index (κ1) is 27.8. The molecule has 2 aromatic rings. The summed E-state index contributed by atoms with van der Waals surface area (Å²) in [4.78, 5) is 34.2. The van der Waals surface area contributed by atoms with Gasteiger partial charge in [-0.25, -0.2) is 4.79 Å². The van der Waals surface area contributed by atoms with Gasteiger partial charge in [-0.1, -0.05) is 18.2 Å². The summed E-state index contributed by atoms with van der Waals surface area (Å²) in [5, 5.41) is 2.58. The van der Waals surface area contributed by atoms with E-state index in [4.69, 9.17) is 23.4 Å². The fourth-order valence-electron chi connectivity index (χ4n) is 3.33. The smallest absolute Gasteiger partial charge is 0.382 e. The molecule has 0 aliphatic carbocycles. The molecule has 36 heavy (non-hydrogen) atoms. The number of carbonyl (C=O) groups excluding carboxylic acids is 1. The van der Waals surface area contributed by atoms with Crippen molar-refractivity contribution in [3.63, 3.8) is 0 Å². The van der Waals surface area contributed by atoms with Crippen LogP contribution in [0.2, 0.25) is 0 Å². The molecule has 1 aliphatic rings. The predicted octanol–water partition coefficient (Wildman–Crippen LogP) is 3.62. The summed E-state index contributed by atoms with van der Waals surface area (Å²) in [5.41, 5.74) is -0.292. The lowest BCUT2D eigenvalue weighted by Gasteiger charge is -2.26. The average molecular weight is 522 g/mol. The number of nitrogens with one attached hydrogen (secondary N) is 1. The standard InChI is InChI=1S/C24H32N3O8P/c1-3-33-36(30,34-4-2)17-14-20(35-22-12-8-9-16-31-22)18-32-27-15-13-21(26-24(27)29)25-23(28)19-10-6-5-7-11-19/h5-7,10-11,13-15,17,20,22H,3-4,8-9,12,16,18H2,1-2H3,(H,25,26,28,29)/t20-,22+/m0/s1. The zero-order valence-corrected chi connectivity index (χ0v) is 21.3. The zero-order chi connectivity index (χ0) is 25.8. The second-order valence-corrected chi connectivity index (χ2v) is 9.62. The summed E-state index contributed by atoms with van der Waals surface area (Å²) in [6.45, 7) is 4.34. The highest BCUT2D eigenvalue weighted by molar-refractivity contribution is 7.57. The van der Waals surface area contributed by atoms with Gasteiger partial charge in [-0.3, -0.25) is 9.36 Å². The van der Waals surface area contributed by atoms with Crippen molar-refractivity contribution in [3.05, 3.63) is 70.5 Å². The highest BCUT2D eigenvalue weighted by atomic mass is 31.2. The molecule has 2 atom stereocenters. The topological polar surface area (TPSA) is 127 Å². The Morgan fingerprint density at radius 3 is 2.61 bits per heavy atom. The summed E-state index contributed by atoms with van der Waals surface area (Å²) in [7, 11) is -3.46. The van der Waals surface area contributed by atoms with Gasteiger partial charge in [0.15, 0.2) is 6.29 Å². The van der Waals surface area contributed by atoms with E-state index in [1.54, 1.807) is 44.2 Å². The van der Waals surface area contributed by atoms with Crippen molar-refractivity contribution < 1.29 is 32.7 Å². The Labute approximate surface area is 209 Å². The van der Waals surface area contributed by atoms with Crippen LogP contribution in [0.25, 0.3) is 0 Å². The van der Waals surface area contributed by atoms with Gasteiger partial charge < -0.3 is 28.7 Å². The number of hydrogen-bond acceptors (Lipinski definition) is 9. The molecule has 3 rings (SSSR count). The fraction of sp³-hybridized carbons (Fsp3) is 0.458. The monoisotopic (exact) mass is 521 g/mol. The molecule has 1 fully saturated rings. The Kier molecular flexibility index (Phi) is 10.8. The number of anilines is 1. The van der Waals surface area contributed by atoms with Crippen molar-refractivity contribution in [2.75, 3.05) is 31.7 Å². The maximum atomic E-state index is 12.8. The second kappa shape index (κ2) is 14.1. The number of aromatic nitrogens is 2. The molecule has 12 heteroatoms. The molecule has 0 saturated carbocycles. The number of amides is 1. The highest BCUT2D eigenvalue weighted by Gasteiger charge is 2.23. The van der Waals surface area contributed by atoms with E-state index in [2.05, 4.69) is 10.3 Å². The van der Waals surface area contributed by atoms with Crippen molar-refractivity contribution in [2.45, 2.75) is 45.5 Å². The van der Waals surface area contributed by atoms with Crippen LogP contribution in [0.4, 0.5) is 5.82 Å². The number of rotatable bonds is 13. The third kappa shape index (κ3) is 8.69. The van der Waals surface area contributed by atoms with Gasteiger partial charge in [0.25, 0.3) is 5.91 Å². The van der Waals surface area contributed by atoms with Gasteiger partial charge in [0.2, 0.25) is 0 Å². The van der Waals surface area contributed by atoms with E-state index in [0.29, 0.717) is 18.6 Å². The minimum absolute atomic E-state index is 0.0892. The third-order valence-electron chi connectivity index (χ3n) is 4.99. The van der Waals surface area contributed by atoms with E-state index in [1.165, 1.54) is 24.2 Å². The van der Waals surface area contributed by atoms with Gasteiger partial charge >= 0.3 is 13.3 Å². The maximum absolute atomic E-state index is 12.8. The van der Waals surface area contributed by atoms with Crippen molar-refractivity contribution in [3.8, 4) is 0 Å². The van der Waals surface area contributed by atoms with Gasteiger partial charge in [0.05, 0.1) is 19.4 Å². The number of carbonyl (C=O) groups is 1. The number of benzene rings is 1. The molecule has 0 spiro atoms. The first-order valence-electron chi connectivity index (χ1n) is 11.9. The first-order valence-corrected chi connectivity index (χ1v) is 13.5. The molecular weight excluding hydrogens is 489 g/mol. The van der Waals surface area contributed by atoms with Crippen molar-refractivity contribution in [2.24, 2.45) is 0 Å². The van der Waals surface area contributed by atoms with E-state index in [-0.39, 0.29) is 31.5 Å². The van der Waals surface area contributed by atoms with Crippen LogP contribution in [0.5, 0.6) is 0 Å². The Morgan fingerprint density at radius 1 is 1.22 bits per heavy atom. The molecule has 1 aromatic carbocycles. The lowest BCUT2D eigenvalue weighted by molar-refractivity contribution is -0.187. The lowest BCUT2D eigenvalue weighted by Crippen LogP contribution is -2.36. The first-order chi connectivity index (χ1) is 17.4. The van der Waals surface area contributed by atoms with E-state index in [9.17, 15) is 14.2 Å². The molecule has 1 aromatic heterocycles. The van der Waals surface area contributed by atoms with Gasteiger partial charge in [-0.2, -0.15) is 4.98 Å². The van der Waals surface area contributed by atoms with Crippen molar-refractivity contribution in [1.29, 1.82) is 0 Å². The largest absolute Gasteiger partial charge is 0.406 e. The minimum Gasteiger partial charge on any atom is -0.406 e. The molecule has 0 bridgehead atoms. The van der Waals surface area contributed by atoms with Gasteiger partial charge in [-0.15, -0.1) is 4.73 Å². The molecule has 2 heterocycles. The number of ether oxygens (including phenoxy) is 2. The third-order valence-corrected chi connectivity index (χ3v) is 6.77. The van der Waals surface area contributed by atoms with Crippen molar-refractivity contribution >= 4 is 19.3 Å². The van der Waals surface area contributed by atoms with Crippen LogP contribution in [-0.2, 0) is 23.1 Å². The quantitative estimate of drug-likeness (QED) is 0.393. The van der Waals surface area contributed by atoms with Gasteiger partial charge in [-0.05, 0) is 51.3 Å². The van der Waals surface area contributed by atoms with E-state index in [0.717, 1.165) is 17.6 Å². The molecule has 0 unspecified atom stereocenters. The van der Waals surface area contributed by atoms with Crippen LogP contribution in [0, 0.1) is 0 Å². The van der Waals surface area contributed by atoms with Crippen LogP contribution >= 0.6 is 7.60 Å². The van der Waals surface area contributed by atoms with Crippen molar-refractivity contribution in [1.82, 2.24) is 9.71 Å². The normalized spacial score (nSPS) is 17.1. The number of nitrogens with zero attached hydrogens (tertiary/aromatic N) is 2. The Bertz CT molecular complexity index is 1090. The molecule has 0 radical (unpaired) electrons. The Balaban J connectivity index is 1.67.